The second-order valence-electron chi connectivity index (χ2n) is 6.77. The summed E-state index contributed by atoms with van der Waals surface area (Å²) in [5.74, 6) is -0.00430. The van der Waals surface area contributed by atoms with E-state index >= 15 is 0 Å². The first-order valence-corrected chi connectivity index (χ1v) is 10.4. The zero-order chi connectivity index (χ0) is 18.4. The summed E-state index contributed by atoms with van der Waals surface area (Å²) in [6.07, 6.45) is 2.79. The van der Waals surface area contributed by atoms with Gasteiger partial charge in [0.2, 0.25) is 10.0 Å². The minimum absolute atomic E-state index is 0. The van der Waals surface area contributed by atoms with Gasteiger partial charge in [-0.25, -0.2) is 13.1 Å². The number of halogens is 1. The van der Waals surface area contributed by atoms with Gasteiger partial charge in [-0.3, -0.25) is 4.79 Å². The van der Waals surface area contributed by atoms with Crippen molar-refractivity contribution in [2.24, 2.45) is 5.92 Å². The molecule has 1 amide bonds. The van der Waals surface area contributed by atoms with Gasteiger partial charge in [-0.2, -0.15) is 0 Å². The highest BCUT2D eigenvalue weighted by molar-refractivity contribution is 7.89. The number of hydrogen-bond acceptors (Lipinski definition) is 4. The van der Waals surface area contributed by atoms with Crippen molar-refractivity contribution < 1.29 is 13.2 Å². The first-order chi connectivity index (χ1) is 11.9. The van der Waals surface area contributed by atoms with Crippen LogP contribution in [0, 0.1) is 5.92 Å². The van der Waals surface area contributed by atoms with Crippen molar-refractivity contribution in [2.75, 3.05) is 26.7 Å². The smallest absolute Gasteiger partial charge is 0.254 e. The molecule has 1 aromatic rings. The lowest BCUT2D eigenvalue weighted by Crippen LogP contribution is -2.50. The maximum absolute atomic E-state index is 12.9. The third kappa shape index (κ3) is 5.67. The summed E-state index contributed by atoms with van der Waals surface area (Å²) in [6.45, 7) is 6.22. The Balaban J connectivity index is 0.00000338. The number of sulfonamides is 1. The van der Waals surface area contributed by atoms with Crippen molar-refractivity contribution in [3.63, 3.8) is 0 Å². The molecule has 0 bridgehead atoms. The Morgan fingerprint density at radius 2 is 2.04 bits per heavy atom. The molecule has 1 aliphatic rings. The minimum Gasteiger partial charge on any atom is -0.342 e. The van der Waals surface area contributed by atoms with Crippen LogP contribution in [0.25, 0.3) is 0 Å². The van der Waals surface area contributed by atoms with Crippen molar-refractivity contribution in [1.29, 1.82) is 0 Å². The van der Waals surface area contributed by atoms with Gasteiger partial charge in [0.25, 0.3) is 5.91 Å². The standard InChI is InChI=1S/C18H29N3O3S.ClH/c1-4-5-12-21(3)18(22)15-8-6-7-9-17(15)25(23,24)20-16-13-19-11-10-14(16)2;/h6-9,14,16,19-20H,4-5,10-13H2,1-3H3;1H. The zero-order valence-electron chi connectivity index (χ0n) is 15.7. The molecule has 1 heterocycles. The first kappa shape index (κ1) is 22.9. The third-order valence-corrected chi connectivity index (χ3v) is 6.28. The monoisotopic (exact) mass is 403 g/mol. The Hall–Kier alpha value is -1.15. The number of benzene rings is 1. The highest BCUT2D eigenvalue weighted by atomic mass is 35.5. The molecule has 0 aromatic heterocycles. The lowest BCUT2D eigenvalue weighted by Gasteiger charge is -2.30. The van der Waals surface area contributed by atoms with Crippen LogP contribution in [0.2, 0.25) is 0 Å². The molecule has 1 aliphatic heterocycles. The van der Waals surface area contributed by atoms with Crippen LogP contribution in [-0.4, -0.2) is 51.9 Å². The van der Waals surface area contributed by atoms with Crippen molar-refractivity contribution in [3.8, 4) is 0 Å². The molecule has 6 nitrogen and oxygen atoms in total. The van der Waals surface area contributed by atoms with Gasteiger partial charge >= 0.3 is 0 Å². The van der Waals surface area contributed by atoms with E-state index in [2.05, 4.69) is 17.0 Å². The van der Waals surface area contributed by atoms with Gasteiger partial charge in [0.05, 0.1) is 10.5 Å². The largest absolute Gasteiger partial charge is 0.342 e. The van der Waals surface area contributed by atoms with E-state index < -0.39 is 10.0 Å². The van der Waals surface area contributed by atoms with Crippen LogP contribution in [-0.2, 0) is 10.0 Å². The number of rotatable bonds is 7. The molecule has 2 rings (SSSR count). The number of carbonyl (C=O) groups is 1. The molecule has 8 heteroatoms. The van der Waals surface area contributed by atoms with Gasteiger partial charge in [0, 0.05) is 26.2 Å². The van der Waals surface area contributed by atoms with Gasteiger partial charge in [0.15, 0.2) is 0 Å². The summed E-state index contributed by atoms with van der Waals surface area (Å²) in [5.41, 5.74) is 0.227. The fourth-order valence-electron chi connectivity index (χ4n) is 2.99. The number of amides is 1. The topological polar surface area (TPSA) is 78.5 Å². The molecule has 0 radical (unpaired) electrons. The Kier molecular flexibility index (Phi) is 9.03. The molecule has 26 heavy (non-hydrogen) atoms. The van der Waals surface area contributed by atoms with E-state index in [1.807, 2.05) is 6.92 Å². The van der Waals surface area contributed by atoms with Gasteiger partial charge in [0.1, 0.15) is 0 Å². The Morgan fingerprint density at radius 1 is 1.35 bits per heavy atom. The van der Waals surface area contributed by atoms with Crippen molar-refractivity contribution in [1.82, 2.24) is 14.9 Å². The molecule has 2 atom stereocenters. The average Bonchev–Trinajstić information content (AvgIpc) is 2.61. The Labute approximate surface area is 163 Å². The summed E-state index contributed by atoms with van der Waals surface area (Å²) in [7, 11) is -2.05. The van der Waals surface area contributed by atoms with Crippen LogP contribution in [0.3, 0.4) is 0 Å². The molecular weight excluding hydrogens is 374 g/mol. The maximum Gasteiger partial charge on any atom is 0.254 e. The number of piperidine rings is 1. The second kappa shape index (κ2) is 10.3. The highest BCUT2D eigenvalue weighted by Gasteiger charge is 2.29. The van der Waals surface area contributed by atoms with Gasteiger partial charge < -0.3 is 10.2 Å². The molecule has 148 valence electrons. The zero-order valence-corrected chi connectivity index (χ0v) is 17.3. The van der Waals surface area contributed by atoms with Crippen LogP contribution in [0.4, 0.5) is 0 Å². The quantitative estimate of drug-likeness (QED) is 0.731. The minimum atomic E-state index is -3.76. The molecule has 0 saturated carbocycles. The lowest BCUT2D eigenvalue weighted by atomic mass is 9.96. The van der Waals surface area contributed by atoms with E-state index in [1.165, 1.54) is 6.07 Å². The van der Waals surface area contributed by atoms with Gasteiger partial charge in [-0.15, -0.1) is 12.4 Å². The second-order valence-corrected chi connectivity index (χ2v) is 8.46. The molecule has 1 saturated heterocycles. The van der Waals surface area contributed by atoms with E-state index in [4.69, 9.17) is 0 Å². The summed E-state index contributed by atoms with van der Waals surface area (Å²) in [5, 5.41) is 3.22. The predicted molar refractivity (Wildman–Crippen MR) is 106 cm³/mol. The SMILES string of the molecule is CCCCN(C)C(=O)c1ccccc1S(=O)(=O)NC1CNCCC1C.Cl. The van der Waals surface area contributed by atoms with Gasteiger partial charge in [-0.1, -0.05) is 32.4 Å². The summed E-state index contributed by atoms with van der Waals surface area (Å²) >= 11 is 0. The number of nitrogens with one attached hydrogen (secondary N) is 2. The van der Waals surface area contributed by atoms with E-state index in [0.717, 1.165) is 25.8 Å². The van der Waals surface area contributed by atoms with Crippen LogP contribution in [0.15, 0.2) is 29.2 Å². The number of nitrogens with zero attached hydrogens (tertiary/aromatic N) is 1. The number of hydrogen-bond donors (Lipinski definition) is 2. The normalized spacial score (nSPS) is 20.3. The third-order valence-electron chi connectivity index (χ3n) is 4.73. The molecule has 0 spiro atoms. The Morgan fingerprint density at radius 3 is 2.69 bits per heavy atom. The predicted octanol–water partition coefficient (Wildman–Crippen LogP) is 2.26. The summed E-state index contributed by atoms with van der Waals surface area (Å²) in [6, 6.07) is 6.27. The Bertz CT molecular complexity index is 697. The molecule has 1 aromatic carbocycles. The molecule has 2 N–H and O–H groups in total. The van der Waals surface area contributed by atoms with Crippen LogP contribution in [0.5, 0.6) is 0 Å². The number of carbonyl (C=O) groups excluding carboxylic acids is 1. The van der Waals surface area contributed by atoms with E-state index in [-0.39, 0.29) is 40.7 Å². The van der Waals surface area contributed by atoms with Crippen molar-refractivity contribution in [3.05, 3.63) is 29.8 Å². The van der Waals surface area contributed by atoms with Gasteiger partial charge in [-0.05, 0) is 37.4 Å². The summed E-state index contributed by atoms with van der Waals surface area (Å²) in [4.78, 5) is 14.3. The molecular formula is C18H30ClN3O3S. The highest BCUT2D eigenvalue weighted by Crippen LogP contribution is 2.20. The van der Waals surface area contributed by atoms with Crippen molar-refractivity contribution >= 4 is 28.3 Å². The molecule has 1 fully saturated rings. The fraction of sp³-hybridized carbons (Fsp3) is 0.611. The fourth-order valence-corrected chi connectivity index (χ4v) is 4.53. The number of unbranched alkanes of at least 4 members (excludes halogenated alkanes) is 1. The van der Waals surface area contributed by atoms with E-state index in [1.54, 1.807) is 30.1 Å². The first-order valence-electron chi connectivity index (χ1n) is 8.94. The maximum atomic E-state index is 12.9. The van der Waals surface area contributed by atoms with E-state index in [9.17, 15) is 13.2 Å². The van der Waals surface area contributed by atoms with Crippen LogP contribution < -0.4 is 10.0 Å². The lowest BCUT2D eigenvalue weighted by molar-refractivity contribution is 0.0789. The summed E-state index contributed by atoms with van der Waals surface area (Å²) < 4.78 is 28.6. The van der Waals surface area contributed by atoms with Crippen LogP contribution in [0.1, 0.15) is 43.5 Å². The molecule has 2 unspecified atom stereocenters. The average molecular weight is 404 g/mol. The molecule has 0 aliphatic carbocycles. The van der Waals surface area contributed by atoms with E-state index in [0.29, 0.717) is 13.1 Å². The van der Waals surface area contributed by atoms with Crippen LogP contribution >= 0.6 is 12.4 Å². The van der Waals surface area contributed by atoms with Crippen molar-refractivity contribution in [2.45, 2.75) is 44.0 Å².